The fraction of sp³-hybridized carbons (Fsp3) is 0.294. The summed E-state index contributed by atoms with van der Waals surface area (Å²) in [5, 5.41) is 3.37. The highest BCUT2D eigenvalue weighted by Gasteiger charge is 2.23. The lowest BCUT2D eigenvalue weighted by Crippen LogP contribution is -2.12. The number of halogens is 1. The zero-order valence-electron chi connectivity index (χ0n) is 11.5. The van der Waals surface area contributed by atoms with Crippen molar-refractivity contribution in [1.82, 2.24) is 5.32 Å². The van der Waals surface area contributed by atoms with E-state index in [0.29, 0.717) is 12.6 Å². The maximum atomic E-state index is 6.03. The average Bonchev–Trinajstić information content (AvgIpc) is 2.89. The molecule has 2 aromatic carbocycles. The maximum absolute atomic E-state index is 6.03. The highest BCUT2D eigenvalue weighted by molar-refractivity contribution is 9.10. The Morgan fingerprint density at radius 3 is 2.90 bits per heavy atom. The normalized spacial score (nSPS) is 17.0. The molecule has 0 fully saturated rings. The Labute approximate surface area is 128 Å². The second-order valence-electron chi connectivity index (χ2n) is 5.12. The van der Waals surface area contributed by atoms with Crippen LogP contribution in [0.25, 0.3) is 0 Å². The first-order valence-corrected chi connectivity index (χ1v) is 7.73. The monoisotopic (exact) mass is 331 g/mol. The van der Waals surface area contributed by atoms with E-state index < -0.39 is 0 Å². The summed E-state index contributed by atoms with van der Waals surface area (Å²) in [5.74, 6) is 1.03. The third-order valence-corrected chi connectivity index (χ3v) is 4.35. The summed E-state index contributed by atoms with van der Waals surface area (Å²) in [4.78, 5) is 0. The lowest BCUT2D eigenvalue weighted by molar-refractivity contribution is 0.303. The third-order valence-electron chi connectivity index (χ3n) is 3.86. The molecule has 0 saturated carbocycles. The van der Waals surface area contributed by atoms with Crippen LogP contribution in [0, 0.1) is 0 Å². The largest absolute Gasteiger partial charge is 0.489 e. The fourth-order valence-electron chi connectivity index (χ4n) is 2.84. The first kappa shape index (κ1) is 13.7. The van der Waals surface area contributed by atoms with Crippen LogP contribution in [0.3, 0.4) is 0 Å². The molecule has 0 aromatic heterocycles. The van der Waals surface area contributed by atoms with Crippen molar-refractivity contribution in [3.8, 4) is 5.75 Å². The molecule has 20 heavy (non-hydrogen) atoms. The SMILES string of the molecule is CNC1CCc2c(OCc3cccc(Br)c3)cccc21. The molecule has 0 aliphatic heterocycles. The van der Waals surface area contributed by atoms with Gasteiger partial charge in [0, 0.05) is 10.5 Å². The Morgan fingerprint density at radius 2 is 2.10 bits per heavy atom. The standard InChI is InChI=1S/C17H18BrNO/c1-19-16-9-8-15-14(16)6-3-7-17(15)20-11-12-4-2-5-13(18)10-12/h2-7,10,16,19H,8-9,11H2,1H3. The highest BCUT2D eigenvalue weighted by atomic mass is 79.9. The van der Waals surface area contributed by atoms with E-state index in [1.54, 1.807) is 0 Å². The van der Waals surface area contributed by atoms with Crippen LogP contribution in [-0.4, -0.2) is 7.05 Å². The molecule has 104 valence electrons. The van der Waals surface area contributed by atoms with Crippen LogP contribution >= 0.6 is 15.9 Å². The van der Waals surface area contributed by atoms with E-state index in [9.17, 15) is 0 Å². The van der Waals surface area contributed by atoms with E-state index in [4.69, 9.17) is 4.74 Å². The summed E-state index contributed by atoms with van der Waals surface area (Å²) in [6, 6.07) is 15.1. The quantitative estimate of drug-likeness (QED) is 0.904. The minimum Gasteiger partial charge on any atom is -0.489 e. The minimum absolute atomic E-state index is 0.472. The second kappa shape index (κ2) is 5.98. The molecule has 0 spiro atoms. The van der Waals surface area contributed by atoms with E-state index >= 15 is 0 Å². The molecule has 0 radical (unpaired) electrons. The van der Waals surface area contributed by atoms with Gasteiger partial charge in [-0.05, 0) is 54.8 Å². The van der Waals surface area contributed by atoms with Crippen LogP contribution in [0.2, 0.25) is 0 Å². The molecule has 0 bridgehead atoms. The van der Waals surface area contributed by atoms with E-state index in [1.165, 1.54) is 16.7 Å². The first-order chi connectivity index (χ1) is 9.78. The molecule has 2 aromatic rings. The van der Waals surface area contributed by atoms with Gasteiger partial charge in [0.2, 0.25) is 0 Å². The minimum atomic E-state index is 0.472. The van der Waals surface area contributed by atoms with Gasteiger partial charge in [0.15, 0.2) is 0 Å². The van der Waals surface area contributed by atoms with E-state index in [1.807, 2.05) is 19.2 Å². The van der Waals surface area contributed by atoms with Crippen molar-refractivity contribution in [3.63, 3.8) is 0 Å². The van der Waals surface area contributed by atoms with Gasteiger partial charge in [-0.25, -0.2) is 0 Å². The van der Waals surface area contributed by atoms with Gasteiger partial charge in [-0.15, -0.1) is 0 Å². The molecule has 1 unspecified atom stereocenters. The molecule has 2 nitrogen and oxygen atoms in total. The van der Waals surface area contributed by atoms with Crippen LogP contribution < -0.4 is 10.1 Å². The predicted octanol–water partition coefficient (Wildman–Crippen LogP) is 4.23. The number of benzene rings is 2. The molecule has 1 N–H and O–H groups in total. The number of hydrogen-bond acceptors (Lipinski definition) is 2. The van der Waals surface area contributed by atoms with Crippen LogP contribution in [0.4, 0.5) is 0 Å². The summed E-state index contributed by atoms with van der Waals surface area (Å²) in [5.41, 5.74) is 3.93. The predicted molar refractivity (Wildman–Crippen MR) is 85.0 cm³/mol. The van der Waals surface area contributed by atoms with Crippen molar-refractivity contribution in [2.45, 2.75) is 25.5 Å². The van der Waals surface area contributed by atoms with Gasteiger partial charge in [-0.1, -0.05) is 40.2 Å². The molecule has 1 atom stereocenters. The van der Waals surface area contributed by atoms with E-state index in [2.05, 4.69) is 51.6 Å². The lowest BCUT2D eigenvalue weighted by atomic mass is 10.1. The number of nitrogens with one attached hydrogen (secondary N) is 1. The second-order valence-corrected chi connectivity index (χ2v) is 6.04. The van der Waals surface area contributed by atoms with Gasteiger partial charge in [-0.2, -0.15) is 0 Å². The molecular formula is C17H18BrNO. The summed E-state index contributed by atoms with van der Waals surface area (Å²) < 4.78 is 7.12. The molecule has 0 amide bonds. The van der Waals surface area contributed by atoms with Gasteiger partial charge in [0.1, 0.15) is 12.4 Å². The number of ether oxygens (including phenoxy) is 1. The van der Waals surface area contributed by atoms with Crippen LogP contribution in [0.15, 0.2) is 46.9 Å². The summed E-state index contributed by atoms with van der Waals surface area (Å²) in [7, 11) is 2.02. The molecule has 1 aliphatic rings. The van der Waals surface area contributed by atoms with Crippen LogP contribution in [-0.2, 0) is 13.0 Å². The number of fused-ring (bicyclic) bond motifs is 1. The van der Waals surface area contributed by atoms with Gasteiger partial charge >= 0.3 is 0 Å². The van der Waals surface area contributed by atoms with Crippen molar-refractivity contribution in [1.29, 1.82) is 0 Å². The molecule has 1 aliphatic carbocycles. The van der Waals surface area contributed by atoms with Crippen LogP contribution in [0.5, 0.6) is 5.75 Å². The van der Waals surface area contributed by atoms with Crippen molar-refractivity contribution in [2.75, 3.05) is 7.05 Å². The van der Waals surface area contributed by atoms with Gasteiger partial charge in [0.25, 0.3) is 0 Å². The smallest absolute Gasteiger partial charge is 0.123 e. The van der Waals surface area contributed by atoms with E-state index in [0.717, 1.165) is 23.1 Å². The van der Waals surface area contributed by atoms with Crippen molar-refractivity contribution in [2.24, 2.45) is 0 Å². The zero-order valence-corrected chi connectivity index (χ0v) is 13.1. The lowest BCUT2D eigenvalue weighted by Gasteiger charge is -2.13. The maximum Gasteiger partial charge on any atom is 0.123 e. The Hall–Kier alpha value is -1.32. The summed E-state index contributed by atoms with van der Waals surface area (Å²) in [6.45, 7) is 0.611. The van der Waals surface area contributed by atoms with Gasteiger partial charge < -0.3 is 10.1 Å². The molecule has 3 rings (SSSR count). The Balaban J connectivity index is 1.77. The average molecular weight is 332 g/mol. The first-order valence-electron chi connectivity index (χ1n) is 6.94. The molecular weight excluding hydrogens is 314 g/mol. The Bertz CT molecular complexity index is 612. The highest BCUT2D eigenvalue weighted by Crippen LogP contribution is 2.36. The van der Waals surface area contributed by atoms with E-state index in [-0.39, 0.29) is 0 Å². The van der Waals surface area contributed by atoms with Crippen molar-refractivity contribution < 1.29 is 4.74 Å². The van der Waals surface area contributed by atoms with Gasteiger partial charge in [-0.3, -0.25) is 0 Å². The summed E-state index contributed by atoms with van der Waals surface area (Å²) >= 11 is 3.49. The Morgan fingerprint density at radius 1 is 1.25 bits per heavy atom. The number of rotatable bonds is 4. The molecule has 0 heterocycles. The third kappa shape index (κ3) is 2.74. The number of hydrogen-bond donors (Lipinski definition) is 1. The van der Waals surface area contributed by atoms with Gasteiger partial charge in [0.05, 0.1) is 0 Å². The molecule has 3 heteroatoms. The zero-order chi connectivity index (χ0) is 13.9. The van der Waals surface area contributed by atoms with Crippen LogP contribution in [0.1, 0.15) is 29.2 Å². The Kier molecular flexibility index (Phi) is 4.08. The fourth-order valence-corrected chi connectivity index (χ4v) is 3.29. The van der Waals surface area contributed by atoms with Crippen molar-refractivity contribution >= 4 is 15.9 Å². The molecule has 0 saturated heterocycles. The topological polar surface area (TPSA) is 21.3 Å². The summed E-state index contributed by atoms with van der Waals surface area (Å²) in [6.07, 6.45) is 2.25. The van der Waals surface area contributed by atoms with Crippen molar-refractivity contribution in [3.05, 3.63) is 63.6 Å².